The van der Waals surface area contributed by atoms with Crippen molar-refractivity contribution < 1.29 is 0 Å². The lowest BCUT2D eigenvalue weighted by atomic mass is 10.2. The number of pyridine rings is 1. The molecule has 90 valence electrons. The third-order valence-electron chi connectivity index (χ3n) is 3.01. The van der Waals surface area contributed by atoms with E-state index in [1.54, 1.807) is 6.20 Å². The van der Waals surface area contributed by atoms with Crippen LogP contribution in [0.3, 0.4) is 0 Å². The summed E-state index contributed by atoms with van der Waals surface area (Å²) >= 11 is 0. The zero-order valence-corrected chi connectivity index (χ0v) is 10.4. The molecule has 3 rings (SSSR count). The fourth-order valence-corrected chi connectivity index (χ4v) is 1.94. The van der Waals surface area contributed by atoms with Crippen molar-refractivity contribution in [2.75, 3.05) is 0 Å². The van der Waals surface area contributed by atoms with Crippen LogP contribution in [0, 0.1) is 6.92 Å². The minimum atomic E-state index is 0.939. The van der Waals surface area contributed by atoms with E-state index in [9.17, 15) is 0 Å². The van der Waals surface area contributed by atoms with Crippen LogP contribution in [0.25, 0.3) is 17.8 Å². The first kappa shape index (κ1) is 10.8. The number of aromatic nitrogens is 4. The smallest absolute Gasteiger partial charge is 0.137 e. The summed E-state index contributed by atoms with van der Waals surface area (Å²) in [6, 6.07) is 4.13. The summed E-state index contributed by atoms with van der Waals surface area (Å²) in [5.41, 5.74) is 3.23. The quantitative estimate of drug-likeness (QED) is 0.687. The SMILES string of the molecule is Cc1cnc2cc(/C=C/c3nccn3C)ccn12. The lowest BCUT2D eigenvalue weighted by Gasteiger charge is -1.98. The van der Waals surface area contributed by atoms with Gasteiger partial charge in [0.15, 0.2) is 0 Å². The van der Waals surface area contributed by atoms with Crippen LogP contribution in [0.5, 0.6) is 0 Å². The number of imidazole rings is 2. The van der Waals surface area contributed by atoms with E-state index in [2.05, 4.69) is 26.5 Å². The van der Waals surface area contributed by atoms with Gasteiger partial charge in [0, 0.05) is 37.5 Å². The zero-order valence-electron chi connectivity index (χ0n) is 10.4. The molecule has 3 aromatic heterocycles. The van der Waals surface area contributed by atoms with E-state index >= 15 is 0 Å². The van der Waals surface area contributed by atoms with Crippen LogP contribution in [0.4, 0.5) is 0 Å². The standard InChI is InChI=1S/C14H14N4/c1-11-10-16-14-9-12(5-7-18(11)14)3-4-13-15-6-8-17(13)2/h3-10H,1-2H3/b4-3+. The van der Waals surface area contributed by atoms with Gasteiger partial charge in [-0.15, -0.1) is 0 Å². The van der Waals surface area contributed by atoms with Crippen LogP contribution in [0.15, 0.2) is 36.9 Å². The molecule has 0 saturated carbocycles. The molecule has 18 heavy (non-hydrogen) atoms. The molecule has 0 atom stereocenters. The number of rotatable bonds is 2. The molecule has 0 unspecified atom stereocenters. The lowest BCUT2D eigenvalue weighted by Crippen LogP contribution is -1.89. The molecule has 0 radical (unpaired) electrons. The molecule has 0 aliphatic rings. The van der Waals surface area contributed by atoms with E-state index < -0.39 is 0 Å². The molecule has 0 spiro atoms. The van der Waals surface area contributed by atoms with Crippen LogP contribution >= 0.6 is 0 Å². The van der Waals surface area contributed by atoms with Crippen LogP contribution in [0.1, 0.15) is 17.1 Å². The zero-order chi connectivity index (χ0) is 12.5. The molecule has 0 bridgehead atoms. The van der Waals surface area contributed by atoms with Crippen molar-refractivity contribution in [2.45, 2.75) is 6.92 Å². The molecule has 0 saturated heterocycles. The van der Waals surface area contributed by atoms with Gasteiger partial charge in [0.25, 0.3) is 0 Å². The first-order valence-corrected chi connectivity index (χ1v) is 5.83. The van der Waals surface area contributed by atoms with Gasteiger partial charge in [0.1, 0.15) is 11.5 Å². The molecule has 0 fully saturated rings. The van der Waals surface area contributed by atoms with Gasteiger partial charge in [-0.25, -0.2) is 9.97 Å². The van der Waals surface area contributed by atoms with Crippen LogP contribution in [-0.4, -0.2) is 18.9 Å². The van der Waals surface area contributed by atoms with Gasteiger partial charge < -0.3 is 8.97 Å². The molecule has 0 aromatic carbocycles. The summed E-state index contributed by atoms with van der Waals surface area (Å²) in [5, 5.41) is 0. The summed E-state index contributed by atoms with van der Waals surface area (Å²) in [6.45, 7) is 2.05. The summed E-state index contributed by atoms with van der Waals surface area (Å²) in [6.07, 6.45) is 11.7. The Morgan fingerprint density at radius 1 is 1.17 bits per heavy atom. The molecule has 0 aliphatic carbocycles. The molecule has 4 nitrogen and oxygen atoms in total. The van der Waals surface area contributed by atoms with Crippen molar-refractivity contribution in [3.63, 3.8) is 0 Å². The number of hydrogen-bond acceptors (Lipinski definition) is 2. The van der Waals surface area contributed by atoms with E-state index in [-0.39, 0.29) is 0 Å². The molecule has 4 heteroatoms. The topological polar surface area (TPSA) is 35.1 Å². The van der Waals surface area contributed by atoms with Gasteiger partial charge in [0.2, 0.25) is 0 Å². The maximum Gasteiger partial charge on any atom is 0.137 e. The minimum Gasteiger partial charge on any atom is -0.335 e. The highest BCUT2D eigenvalue weighted by Gasteiger charge is 1.99. The average molecular weight is 238 g/mol. The Kier molecular flexibility index (Phi) is 2.48. The van der Waals surface area contributed by atoms with Gasteiger partial charge in [0.05, 0.1) is 0 Å². The number of aryl methyl sites for hydroxylation is 2. The van der Waals surface area contributed by atoms with Crippen molar-refractivity contribution in [3.05, 3.63) is 54.0 Å². The van der Waals surface area contributed by atoms with Gasteiger partial charge in [-0.3, -0.25) is 0 Å². The second-order valence-electron chi connectivity index (χ2n) is 4.32. The molecule has 0 amide bonds. The predicted molar refractivity (Wildman–Crippen MR) is 72.1 cm³/mol. The number of nitrogens with zero attached hydrogens (tertiary/aromatic N) is 4. The fourth-order valence-electron chi connectivity index (χ4n) is 1.94. The monoisotopic (exact) mass is 238 g/mol. The van der Waals surface area contributed by atoms with Crippen molar-refractivity contribution in [3.8, 4) is 0 Å². The predicted octanol–water partition coefficient (Wildman–Crippen LogP) is 2.55. The van der Waals surface area contributed by atoms with E-state index in [0.717, 1.165) is 22.7 Å². The van der Waals surface area contributed by atoms with E-state index in [0.29, 0.717) is 0 Å². The summed E-state index contributed by atoms with van der Waals surface area (Å²) < 4.78 is 4.05. The van der Waals surface area contributed by atoms with Crippen molar-refractivity contribution >= 4 is 17.8 Å². The Labute approximate surface area is 105 Å². The molecule has 0 N–H and O–H groups in total. The van der Waals surface area contributed by atoms with E-state index in [4.69, 9.17) is 0 Å². The van der Waals surface area contributed by atoms with Gasteiger partial charge in [-0.2, -0.15) is 0 Å². The first-order chi connectivity index (χ1) is 8.74. The summed E-state index contributed by atoms with van der Waals surface area (Å²) in [7, 11) is 1.98. The van der Waals surface area contributed by atoms with Gasteiger partial charge in [-0.1, -0.05) is 6.08 Å². The Hall–Kier alpha value is -2.36. The second-order valence-corrected chi connectivity index (χ2v) is 4.32. The number of hydrogen-bond donors (Lipinski definition) is 0. The minimum absolute atomic E-state index is 0.939. The number of fused-ring (bicyclic) bond motifs is 1. The maximum absolute atomic E-state index is 4.35. The van der Waals surface area contributed by atoms with Crippen LogP contribution in [-0.2, 0) is 7.05 Å². The summed E-state index contributed by atoms with van der Waals surface area (Å²) in [4.78, 5) is 8.60. The maximum atomic E-state index is 4.35. The van der Waals surface area contributed by atoms with Crippen LogP contribution in [0.2, 0.25) is 0 Å². The lowest BCUT2D eigenvalue weighted by molar-refractivity contribution is 0.898. The highest BCUT2D eigenvalue weighted by Crippen LogP contribution is 2.11. The van der Waals surface area contributed by atoms with Crippen molar-refractivity contribution in [1.29, 1.82) is 0 Å². The third kappa shape index (κ3) is 1.82. The molecule has 0 aliphatic heterocycles. The Morgan fingerprint density at radius 2 is 2.06 bits per heavy atom. The van der Waals surface area contributed by atoms with Crippen LogP contribution < -0.4 is 0 Å². The van der Waals surface area contributed by atoms with E-state index in [1.165, 1.54) is 0 Å². The highest BCUT2D eigenvalue weighted by atomic mass is 15.0. The van der Waals surface area contributed by atoms with Gasteiger partial charge >= 0.3 is 0 Å². The molecular formula is C14H14N4. The van der Waals surface area contributed by atoms with E-state index in [1.807, 2.05) is 49.3 Å². The normalized spacial score (nSPS) is 11.7. The Bertz CT molecular complexity index is 718. The van der Waals surface area contributed by atoms with Crippen molar-refractivity contribution in [2.24, 2.45) is 7.05 Å². The first-order valence-electron chi connectivity index (χ1n) is 5.83. The highest BCUT2D eigenvalue weighted by molar-refractivity contribution is 5.68. The molecule has 3 aromatic rings. The van der Waals surface area contributed by atoms with Crippen molar-refractivity contribution in [1.82, 2.24) is 18.9 Å². The third-order valence-corrected chi connectivity index (χ3v) is 3.01. The summed E-state index contributed by atoms with van der Waals surface area (Å²) in [5.74, 6) is 0.939. The fraction of sp³-hybridized carbons (Fsp3) is 0.143. The Balaban J connectivity index is 1.95. The average Bonchev–Trinajstić information content (AvgIpc) is 2.94. The molecule has 3 heterocycles. The largest absolute Gasteiger partial charge is 0.335 e. The van der Waals surface area contributed by atoms with Gasteiger partial charge in [-0.05, 0) is 30.7 Å². The molecular weight excluding hydrogens is 224 g/mol. The Morgan fingerprint density at radius 3 is 2.83 bits per heavy atom. The second kappa shape index (κ2) is 4.14.